The van der Waals surface area contributed by atoms with Crippen molar-refractivity contribution in [2.75, 3.05) is 5.32 Å². The maximum absolute atomic E-state index is 10.7. The van der Waals surface area contributed by atoms with Crippen molar-refractivity contribution < 1.29 is 14.3 Å². The third kappa shape index (κ3) is 3.16. The molecular formula is C15H17NO3. The number of nitrogens with one attached hydrogen (secondary N) is 1. The first-order chi connectivity index (χ1) is 9.08. The lowest BCUT2D eigenvalue weighted by Crippen LogP contribution is -2.02. The Labute approximate surface area is 112 Å². The Morgan fingerprint density at radius 2 is 2.00 bits per heavy atom. The molecule has 2 N–H and O–H groups in total. The predicted octanol–water partition coefficient (Wildman–Crippen LogP) is 3.71. The van der Waals surface area contributed by atoms with E-state index >= 15 is 0 Å². The molecule has 0 saturated heterocycles. The first-order valence-corrected chi connectivity index (χ1v) is 6.22. The normalized spacial score (nSPS) is 10.7. The van der Waals surface area contributed by atoms with E-state index < -0.39 is 5.97 Å². The fraction of sp³-hybridized carbons (Fsp3) is 0.267. The van der Waals surface area contributed by atoms with Crippen molar-refractivity contribution >= 4 is 11.7 Å². The Balaban J connectivity index is 2.08. The number of anilines is 1. The number of furan rings is 1. The van der Waals surface area contributed by atoms with Crippen molar-refractivity contribution in [1.82, 2.24) is 0 Å². The van der Waals surface area contributed by atoms with E-state index in [0.29, 0.717) is 18.2 Å². The van der Waals surface area contributed by atoms with E-state index in [0.717, 1.165) is 5.69 Å². The molecule has 0 radical (unpaired) electrons. The summed E-state index contributed by atoms with van der Waals surface area (Å²) in [4.78, 5) is 10.7. The molecular weight excluding hydrogens is 242 g/mol. The molecule has 0 unspecified atom stereocenters. The van der Waals surface area contributed by atoms with Crippen LogP contribution in [0.3, 0.4) is 0 Å². The average molecular weight is 259 g/mol. The van der Waals surface area contributed by atoms with Crippen LogP contribution in [-0.2, 0) is 6.54 Å². The molecule has 100 valence electrons. The topological polar surface area (TPSA) is 62.5 Å². The summed E-state index contributed by atoms with van der Waals surface area (Å²) in [7, 11) is 0. The molecule has 2 rings (SSSR count). The summed E-state index contributed by atoms with van der Waals surface area (Å²) in [6.45, 7) is 4.74. The summed E-state index contributed by atoms with van der Waals surface area (Å²) >= 11 is 0. The zero-order valence-corrected chi connectivity index (χ0v) is 11.0. The van der Waals surface area contributed by atoms with Crippen molar-refractivity contribution in [2.45, 2.75) is 26.3 Å². The molecule has 0 amide bonds. The molecule has 0 fully saturated rings. The van der Waals surface area contributed by atoms with Gasteiger partial charge in [-0.15, -0.1) is 0 Å². The number of carboxylic acids is 1. The van der Waals surface area contributed by atoms with Crippen molar-refractivity contribution in [1.29, 1.82) is 0 Å². The number of hydrogen-bond acceptors (Lipinski definition) is 3. The van der Waals surface area contributed by atoms with Gasteiger partial charge in [-0.1, -0.05) is 32.0 Å². The van der Waals surface area contributed by atoms with Crippen LogP contribution >= 0.6 is 0 Å². The van der Waals surface area contributed by atoms with Gasteiger partial charge in [0.25, 0.3) is 0 Å². The minimum absolute atomic E-state index is 0.0334. The molecule has 0 atom stereocenters. The number of para-hydroxylation sites is 1. The number of rotatable bonds is 5. The Kier molecular flexibility index (Phi) is 3.90. The zero-order valence-electron chi connectivity index (χ0n) is 11.0. The minimum Gasteiger partial charge on any atom is -0.475 e. The summed E-state index contributed by atoms with van der Waals surface area (Å²) in [6, 6.07) is 11.2. The summed E-state index contributed by atoms with van der Waals surface area (Å²) < 4.78 is 5.21. The summed E-state index contributed by atoms with van der Waals surface area (Å²) in [6.07, 6.45) is 0. The molecule has 0 aliphatic heterocycles. The standard InChI is InChI=1S/C15H17NO3/c1-10(2)12-5-3-4-6-13(12)16-9-11-7-8-14(19-11)15(17)18/h3-8,10,16H,9H2,1-2H3,(H,17,18). The molecule has 2 aromatic rings. The monoisotopic (exact) mass is 259 g/mol. The highest BCUT2D eigenvalue weighted by molar-refractivity contribution is 5.84. The number of benzene rings is 1. The fourth-order valence-corrected chi connectivity index (χ4v) is 1.93. The molecule has 1 heterocycles. The van der Waals surface area contributed by atoms with Crippen LogP contribution in [-0.4, -0.2) is 11.1 Å². The molecule has 4 nitrogen and oxygen atoms in total. The van der Waals surface area contributed by atoms with E-state index in [-0.39, 0.29) is 5.76 Å². The average Bonchev–Trinajstić information content (AvgIpc) is 2.85. The van der Waals surface area contributed by atoms with Gasteiger partial charge in [-0.25, -0.2) is 4.79 Å². The maximum Gasteiger partial charge on any atom is 0.371 e. The van der Waals surface area contributed by atoms with Crippen LogP contribution in [0.5, 0.6) is 0 Å². The van der Waals surface area contributed by atoms with Crippen LogP contribution in [0, 0.1) is 0 Å². The summed E-state index contributed by atoms with van der Waals surface area (Å²) in [5.41, 5.74) is 2.28. The van der Waals surface area contributed by atoms with Crippen LogP contribution in [0.2, 0.25) is 0 Å². The highest BCUT2D eigenvalue weighted by Crippen LogP contribution is 2.24. The lowest BCUT2D eigenvalue weighted by molar-refractivity contribution is 0.0660. The predicted molar refractivity (Wildman–Crippen MR) is 73.5 cm³/mol. The van der Waals surface area contributed by atoms with E-state index in [4.69, 9.17) is 9.52 Å². The number of aromatic carboxylic acids is 1. The number of carboxylic acid groups (broad SMARTS) is 1. The van der Waals surface area contributed by atoms with Gasteiger partial charge >= 0.3 is 5.97 Å². The van der Waals surface area contributed by atoms with Gasteiger partial charge in [0.2, 0.25) is 5.76 Å². The number of hydrogen-bond donors (Lipinski definition) is 2. The fourth-order valence-electron chi connectivity index (χ4n) is 1.93. The van der Waals surface area contributed by atoms with Crippen molar-refractivity contribution in [3.8, 4) is 0 Å². The van der Waals surface area contributed by atoms with Gasteiger partial charge in [0.15, 0.2) is 0 Å². The molecule has 0 bridgehead atoms. The van der Waals surface area contributed by atoms with E-state index in [2.05, 4.69) is 25.2 Å². The van der Waals surface area contributed by atoms with E-state index in [1.54, 1.807) is 6.07 Å². The second-order valence-electron chi connectivity index (χ2n) is 4.67. The Morgan fingerprint density at radius 3 is 2.63 bits per heavy atom. The highest BCUT2D eigenvalue weighted by atomic mass is 16.4. The first-order valence-electron chi connectivity index (χ1n) is 6.22. The largest absolute Gasteiger partial charge is 0.475 e. The van der Waals surface area contributed by atoms with Crippen LogP contribution in [0.25, 0.3) is 0 Å². The molecule has 1 aromatic heterocycles. The Morgan fingerprint density at radius 1 is 1.26 bits per heavy atom. The van der Waals surface area contributed by atoms with Gasteiger partial charge in [0.1, 0.15) is 5.76 Å². The van der Waals surface area contributed by atoms with Gasteiger partial charge in [-0.05, 0) is 29.7 Å². The third-order valence-corrected chi connectivity index (χ3v) is 2.91. The highest BCUT2D eigenvalue weighted by Gasteiger charge is 2.10. The van der Waals surface area contributed by atoms with Gasteiger partial charge in [-0.3, -0.25) is 0 Å². The maximum atomic E-state index is 10.7. The second kappa shape index (κ2) is 5.61. The van der Waals surface area contributed by atoms with Gasteiger partial charge in [0, 0.05) is 5.69 Å². The molecule has 1 aromatic carbocycles. The molecule has 4 heteroatoms. The van der Waals surface area contributed by atoms with E-state index in [1.807, 2.05) is 18.2 Å². The van der Waals surface area contributed by atoms with Crippen LogP contribution in [0.1, 0.15) is 41.6 Å². The van der Waals surface area contributed by atoms with Gasteiger partial charge in [-0.2, -0.15) is 0 Å². The molecule has 0 aliphatic rings. The van der Waals surface area contributed by atoms with Crippen LogP contribution in [0.15, 0.2) is 40.8 Å². The van der Waals surface area contributed by atoms with Gasteiger partial charge in [0.05, 0.1) is 6.54 Å². The lowest BCUT2D eigenvalue weighted by atomic mass is 10.0. The summed E-state index contributed by atoms with van der Waals surface area (Å²) in [5.74, 6) is -0.0476. The smallest absolute Gasteiger partial charge is 0.371 e. The number of carbonyl (C=O) groups is 1. The minimum atomic E-state index is -1.05. The molecule has 0 saturated carbocycles. The second-order valence-corrected chi connectivity index (χ2v) is 4.67. The Hall–Kier alpha value is -2.23. The quantitative estimate of drug-likeness (QED) is 0.859. The zero-order chi connectivity index (χ0) is 13.8. The SMILES string of the molecule is CC(C)c1ccccc1NCc1ccc(C(=O)O)o1. The van der Waals surface area contributed by atoms with Gasteiger partial charge < -0.3 is 14.8 Å². The van der Waals surface area contributed by atoms with E-state index in [1.165, 1.54) is 11.6 Å². The van der Waals surface area contributed by atoms with Crippen molar-refractivity contribution in [3.05, 3.63) is 53.5 Å². The Bertz CT molecular complexity index is 572. The summed E-state index contributed by atoms with van der Waals surface area (Å²) in [5, 5.41) is 12.1. The first kappa shape index (κ1) is 13.2. The van der Waals surface area contributed by atoms with Crippen molar-refractivity contribution in [2.24, 2.45) is 0 Å². The van der Waals surface area contributed by atoms with Crippen LogP contribution < -0.4 is 5.32 Å². The molecule has 19 heavy (non-hydrogen) atoms. The molecule has 0 spiro atoms. The van der Waals surface area contributed by atoms with Crippen LogP contribution in [0.4, 0.5) is 5.69 Å². The third-order valence-electron chi connectivity index (χ3n) is 2.91. The van der Waals surface area contributed by atoms with E-state index in [9.17, 15) is 4.79 Å². The van der Waals surface area contributed by atoms with Crippen molar-refractivity contribution in [3.63, 3.8) is 0 Å². The molecule has 0 aliphatic carbocycles. The lowest BCUT2D eigenvalue weighted by Gasteiger charge is -2.13.